The maximum Gasteiger partial charge on any atom is 0.261 e. The molecule has 0 radical (unpaired) electrons. The van der Waals surface area contributed by atoms with E-state index in [1.807, 2.05) is 27.7 Å². The van der Waals surface area contributed by atoms with Crippen molar-refractivity contribution >= 4 is 29.4 Å². The normalized spacial score (nSPS) is 15.3. The van der Waals surface area contributed by atoms with Crippen LogP contribution in [0, 0.1) is 11.8 Å². The van der Waals surface area contributed by atoms with Gasteiger partial charge >= 0.3 is 0 Å². The zero-order valence-electron chi connectivity index (χ0n) is 18.5. The van der Waals surface area contributed by atoms with Crippen LogP contribution in [0.15, 0.2) is 36.4 Å². The first-order chi connectivity index (χ1) is 15.1. The van der Waals surface area contributed by atoms with Crippen LogP contribution < -0.4 is 0 Å². The Morgan fingerprint density at radius 3 is 1.31 bits per heavy atom. The Labute approximate surface area is 186 Å². The van der Waals surface area contributed by atoms with E-state index < -0.39 is 11.8 Å². The summed E-state index contributed by atoms with van der Waals surface area (Å²) < 4.78 is 0. The molecule has 2 heterocycles. The quantitative estimate of drug-likeness (QED) is 0.515. The minimum Gasteiger partial charge on any atom is -0.289 e. The van der Waals surface area contributed by atoms with Crippen LogP contribution in [0.4, 0.5) is 0 Å². The molecule has 0 fully saturated rings. The molecule has 32 heavy (non-hydrogen) atoms. The number of nitrogens with zero attached hydrogens (tertiary/aromatic N) is 2. The van der Waals surface area contributed by atoms with E-state index in [0.29, 0.717) is 13.1 Å². The monoisotopic (exact) mass is 432 g/mol. The Kier molecular flexibility index (Phi) is 5.28. The maximum atomic E-state index is 13.1. The number of carbonyl (C=O) groups excluding carboxylic acids is 5. The largest absolute Gasteiger partial charge is 0.289 e. The van der Waals surface area contributed by atoms with Gasteiger partial charge in [-0.25, -0.2) is 0 Å². The summed E-state index contributed by atoms with van der Waals surface area (Å²) in [6, 6.07) is 8.88. The third-order valence-electron chi connectivity index (χ3n) is 5.56. The number of ketones is 1. The fourth-order valence-electron chi connectivity index (χ4n) is 4.09. The van der Waals surface area contributed by atoms with E-state index in [0.717, 1.165) is 0 Å². The lowest BCUT2D eigenvalue weighted by Crippen LogP contribution is -2.33. The standard InChI is InChI=1S/C25H24N2O5/c1-13(2)11-26-22(29)17-7-5-15(9-19(17)24(26)31)21(28)16-6-8-18-20(10-16)25(32)27(23(18)30)12-14(3)4/h5-10,13-14H,11-12H2,1-4H3. The molecule has 7 nitrogen and oxygen atoms in total. The van der Waals surface area contributed by atoms with Gasteiger partial charge in [-0.15, -0.1) is 0 Å². The van der Waals surface area contributed by atoms with Crippen molar-refractivity contribution in [2.24, 2.45) is 11.8 Å². The molecule has 0 saturated carbocycles. The van der Waals surface area contributed by atoms with Crippen molar-refractivity contribution in [2.45, 2.75) is 27.7 Å². The number of benzene rings is 2. The summed E-state index contributed by atoms with van der Waals surface area (Å²) in [5.74, 6) is -1.67. The van der Waals surface area contributed by atoms with Crippen LogP contribution in [0.25, 0.3) is 0 Å². The third-order valence-corrected chi connectivity index (χ3v) is 5.56. The number of hydrogen-bond acceptors (Lipinski definition) is 5. The summed E-state index contributed by atoms with van der Waals surface area (Å²) in [7, 11) is 0. The summed E-state index contributed by atoms with van der Waals surface area (Å²) in [6.07, 6.45) is 0. The van der Waals surface area contributed by atoms with Crippen LogP contribution in [0.5, 0.6) is 0 Å². The minimum atomic E-state index is -0.410. The van der Waals surface area contributed by atoms with Crippen molar-refractivity contribution in [3.63, 3.8) is 0 Å². The average Bonchev–Trinajstić information content (AvgIpc) is 3.12. The molecular formula is C25H24N2O5. The second-order valence-electron chi connectivity index (χ2n) is 9.08. The highest BCUT2D eigenvalue weighted by Crippen LogP contribution is 2.28. The molecule has 4 rings (SSSR count). The molecule has 0 spiro atoms. The zero-order valence-corrected chi connectivity index (χ0v) is 18.5. The lowest BCUT2D eigenvalue weighted by atomic mass is 9.96. The van der Waals surface area contributed by atoms with Crippen LogP contribution >= 0.6 is 0 Å². The van der Waals surface area contributed by atoms with Crippen molar-refractivity contribution in [1.29, 1.82) is 0 Å². The zero-order chi connectivity index (χ0) is 23.3. The topological polar surface area (TPSA) is 91.8 Å². The van der Waals surface area contributed by atoms with Gasteiger partial charge in [-0.05, 0) is 36.1 Å². The second kappa shape index (κ2) is 7.82. The van der Waals surface area contributed by atoms with Gasteiger partial charge in [-0.3, -0.25) is 33.8 Å². The number of carbonyl (C=O) groups is 5. The van der Waals surface area contributed by atoms with Gasteiger partial charge in [0.15, 0.2) is 5.78 Å². The molecule has 0 aliphatic carbocycles. The summed E-state index contributed by atoms with van der Waals surface area (Å²) in [5, 5.41) is 0. The van der Waals surface area contributed by atoms with Gasteiger partial charge in [-0.2, -0.15) is 0 Å². The molecule has 0 aromatic heterocycles. The Hall–Kier alpha value is -3.61. The van der Waals surface area contributed by atoms with Crippen LogP contribution in [0.2, 0.25) is 0 Å². The van der Waals surface area contributed by atoms with Crippen molar-refractivity contribution in [1.82, 2.24) is 9.80 Å². The first-order valence-electron chi connectivity index (χ1n) is 10.6. The van der Waals surface area contributed by atoms with Gasteiger partial charge in [-0.1, -0.05) is 39.8 Å². The molecule has 0 saturated heterocycles. The van der Waals surface area contributed by atoms with Gasteiger partial charge in [0.25, 0.3) is 23.6 Å². The van der Waals surface area contributed by atoms with E-state index in [-0.39, 0.29) is 62.8 Å². The molecule has 2 aliphatic rings. The number of imide groups is 2. The van der Waals surface area contributed by atoms with Crippen LogP contribution in [-0.4, -0.2) is 52.3 Å². The Bertz CT molecular complexity index is 1100. The van der Waals surface area contributed by atoms with E-state index in [2.05, 4.69) is 0 Å². The lowest BCUT2D eigenvalue weighted by molar-refractivity contribution is 0.0621. The van der Waals surface area contributed by atoms with Crippen molar-refractivity contribution in [2.75, 3.05) is 13.1 Å². The second-order valence-corrected chi connectivity index (χ2v) is 9.08. The van der Waals surface area contributed by atoms with Gasteiger partial charge in [0, 0.05) is 24.2 Å². The first kappa shape index (κ1) is 21.6. The predicted octanol–water partition coefficient (Wildman–Crippen LogP) is 3.42. The van der Waals surface area contributed by atoms with Gasteiger partial charge in [0.2, 0.25) is 0 Å². The van der Waals surface area contributed by atoms with E-state index in [1.165, 1.54) is 46.2 Å². The van der Waals surface area contributed by atoms with E-state index in [9.17, 15) is 24.0 Å². The number of amides is 4. The highest BCUT2D eigenvalue weighted by atomic mass is 16.2. The van der Waals surface area contributed by atoms with E-state index >= 15 is 0 Å². The van der Waals surface area contributed by atoms with Crippen LogP contribution in [0.1, 0.15) is 85.0 Å². The molecule has 2 aromatic rings. The number of rotatable bonds is 6. The van der Waals surface area contributed by atoms with Crippen molar-refractivity contribution < 1.29 is 24.0 Å². The third kappa shape index (κ3) is 3.43. The Morgan fingerprint density at radius 2 is 0.969 bits per heavy atom. The van der Waals surface area contributed by atoms with E-state index in [4.69, 9.17) is 0 Å². The Balaban J connectivity index is 1.65. The molecule has 0 unspecified atom stereocenters. The molecule has 2 aromatic carbocycles. The first-order valence-corrected chi connectivity index (χ1v) is 10.6. The number of hydrogen-bond donors (Lipinski definition) is 0. The minimum absolute atomic E-state index is 0.125. The highest BCUT2D eigenvalue weighted by Gasteiger charge is 2.38. The lowest BCUT2D eigenvalue weighted by Gasteiger charge is -2.15. The fraction of sp³-hybridized carbons (Fsp3) is 0.320. The van der Waals surface area contributed by atoms with Crippen molar-refractivity contribution in [3.05, 3.63) is 69.8 Å². The van der Waals surface area contributed by atoms with Gasteiger partial charge in [0.05, 0.1) is 22.3 Å². The molecule has 4 amide bonds. The van der Waals surface area contributed by atoms with E-state index in [1.54, 1.807) is 0 Å². The average molecular weight is 432 g/mol. The molecular weight excluding hydrogens is 408 g/mol. The smallest absolute Gasteiger partial charge is 0.261 e. The van der Waals surface area contributed by atoms with Crippen LogP contribution in [-0.2, 0) is 0 Å². The predicted molar refractivity (Wildman–Crippen MR) is 117 cm³/mol. The Morgan fingerprint density at radius 1 is 0.625 bits per heavy atom. The van der Waals surface area contributed by atoms with Gasteiger partial charge in [0.1, 0.15) is 0 Å². The van der Waals surface area contributed by atoms with Crippen molar-refractivity contribution in [3.8, 4) is 0 Å². The molecule has 164 valence electrons. The molecule has 0 bridgehead atoms. The fourth-order valence-corrected chi connectivity index (χ4v) is 4.09. The summed E-state index contributed by atoms with van der Waals surface area (Å²) in [5.41, 5.74) is 1.46. The summed E-state index contributed by atoms with van der Waals surface area (Å²) >= 11 is 0. The number of fused-ring (bicyclic) bond motifs is 2. The molecule has 2 aliphatic heterocycles. The molecule has 7 heteroatoms. The molecule has 0 atom stereocenters. The summed E-state index contributed by atoms with van der Waals surface area (Å²) in [4.78, 5) is 66.0. The highest BCUT2D eigenvalue weighted by molar-refractivity contribution is 6.24. The molecule has 0 N–H and O–H groups in total. The SMILES string of the molecule is CC(C)CN1C(=O)c2ccc(C(=O)c3ccc4c(c3)C(=O)N(CC(C)C)C4=O)cc2C1=O. The van der Waals surface area contributed by atoms with Gasteiger partial charge < -0.3 is 0 Å². The van der Waals surface area contributed by atoms with Crippen LogP contribution in [0.3, 0.4) is 0 Å². The maximum absolute atomic E-state index is 13.1. The summed E-state index contributed by atoms with van der Waals surface area (Å²) in [6.45, 7) is 8.29.